The quantitative estimate of drug-likeness (QED) is 0.905. The highest BCUT2D eigenvalue weighted by atomic mass is 35.5. The van der Waals surface area contributed by atoms with Crippen molar-refractivity contribution in [2.24, 2.45) is 0 Å². The van der Waals surface area contributed by atoms with Crippen LogP contribution in [0.4, 0.5) is 0 Å². The number of carbonyl (C=O) groups is 1. The molecule has 3 nitrogen and oxygen atoms in total. The van der Waals surface area contributed by atoms with E-state index in [1.54, 1.807) is 18.2 Å². The second-order valence-corrected chi connectivity index (χ2v) is 5.47. The number of nitrogens with zero attached hydrogens (tertiary/aromatic N) is 1. The Kier molecular flexibility index (Phi) is 4.49. The SMILES string of the molecule is CC1CNCCN1C(=O)Cc1cc(Cl)cc(Cl)c1. The van der Waals surface area contributed by atoms with Crippen LogP contribution in [-0.4, -0.2) is 36.5 Å². The van der Waals surface area contributed by atoms with Crippen molar-refractivity contribution in [2.45, 2.75) is 19.4 Å². The van der Waals surface area contributed by atoms with Crippen molar-refractivity contribution in [1.82, 2.24) is 10.2 Å². The first-order valence-corrected chi connectivity index (χ1v) is 6.77. The predicted octanol–water partition coefficient (Wildman–Crippen LogP) is 2.36. The van der Waals surface area contributed by atoms with Gasteiger partial charge in [-0.05, 0) is 30.7 Å². The zero-order chi connectivity index (χ0) is 13.1. The van der Waals surface area contributed by atoms with Crippen LogP contribution >= 0.6 is 23.2 Å². The number of hydrogen-bond acceptors (Lipinski definition) is 2. The molecule has 98 valence electrons. The third-order valence-electron chi connectivity index (χ3n) is 3.10. The van der Waals surface area contributed by atoms with Gasteiger partial charge in [-0.2, -0.15) is 0 Å². The molecule has 1 aliphatic heterocycles. The van der Waals surface area contributed by atoms with Gasteiger partial charge in [0.25, 0.3) is 0 Å². The number of rotatable bonds is 2. The number of benzene rings is 1. The van der Waals surface area contributed by atoms with Gasteiger partial charge in [0.05, 0.1) is 6.42 Å². The van der Waals surface area contributed by atoms with E-state index in [9.17, 15) is 4.79 Å². The molecule has 1 N–H and O–H groups in total. The van der Waals surface area contributed by atoms with E-state index in [-0.39, 0.29) is 11.9 Å². The molecule has 0 radical (unpaired) electrons. The van der Waals surface area contributed by atoms with Crippen LogP contribution in [0.5, 0.6) is 0 Å². The van der Waals surface area contributed by atoms with Gasteiger partial charge in [0, 0.05) is 35.7 Å². The largest absolute Gasteiger partial charge is 0.337 e. The summed E-state index contributed by atoms with van der Waals surface area (Å²) >= 11 is 11.9. The summed E-state index contributed by atoms with van der Waals surface area (Å²) < 4.78 is 0. The van der Waals surface area contributed by atoms with E-state index in [1.807, 2.05) is 4.90 Å². The van der Waals surface area contributed by atoms with Crippen LogP contribution in [0.3, 0.4) is 0 Å². The lowest BCUT2D eigenvalue weighted by atomic mass is 10.1. The predicted molar refractivity (Wildman–Crippen MR) is 74.2 cm³/mol. The first-order chi connectivity index (χ1) is 8.56. The van der Waals surface area contributed by atoms with Gasteiger partial charge < -0.3 is 10.2 Å². The van der Waals surface area contributed by atoms with Crippen LogP contribution in [0.25, 0.3) is 0 Å². The summed E-state index contributed by atoms with van der Waals surface area (Å²) in [5.74, 6) is 0.127. The molecule has 0 bridgehead atoms. The van der Waals surface area contributed by atoms with Crippen molar-refractivity contribution >= 4 is 29.1 Å². The zero-order valence-corrected chi connectivity index (χ0v) is 11.8. The van der Waals surface area contributed by atoms with E-state index >= 15 is 0 Å². The lowest BCUT2D eigenvalue weighted by Gasteiger charge is -2.34. The summed E-state index contributed by atoms with van der Waals surface area (Å²) in [7, 11) is 0. The fourth-order valence-electron chi connectivity index (χ4n) is 2.20. The molecule has 1 fully saturated rings. The molecule has 18 heavy (non-hydrogen) atoms. The molecule has 2 rings (SSSR count). The number of halogens is 2. The first-order valence-electron chi connectivity index (χ1n) is 6.01. The van der Waals surface area contributed by atoms with Crippen molar-refractivity contribution in [3.8, 4) is 0 Å². The highest BCUT2D eigenvalue weighted by Gasteiger charge is 2.22. The lowest BCUT2D eigenvalue weighted by Crippen LogP contribution is -2.52. The fraction of sp³-hybridized carbons (Fsp3) is 0.462. The Labute approximate surface area is 117 Å². The van der Waals surface area contributed by atoms with Crippen molar-refractivity contribution in [1.29, 1.82) is 0 Å². The minimum absolute atomic E-state index is 0.127. The summed E-state index contributed by atoms with van der Waals surface area (Å²) in [6, 6.07) is 5.49. The van der Waals surface area contributed by atoms with Crippen LogP contribution in [0.1, 0.15) is 12.5 Å². The zero-order valence-electron chi connectivity index (χ0n) is 10.2. The number of nitrogens with one attached hydrogen (secondary N) is 1. The van der Waals surface area contributed by atoms with Gasteiger partial charge in [-0.1, -0.05) is 23.2 Å². The molecule has 1 aromatic rings. The Balaban J connectivity index is 2.06. The number of hydrogen-bond donors (Lipinski definition) is 1. The molecule has 0 aliphatic carbocycles. The Morgan fingerprint density at radius 1 is 1.39 bits per heavy atom. The summed E-state index contributed by atoms with van der Waals surface area (Å²) in [5.41, 5.74) is 0.864. The van der Waals surface area contributed by atoms with Crippen molar-refractivity contribution in [2.75, 3.05) is 19.6 Å². The number of piperazine rings is 1. The van der Waals surface area contributed by atoms with E-state index in [1.165, 1.54) is 0 Å². The maximum Gasteiger partial charge on any atom is 0.227 e. The Bertz CT molecular complexity index is 430. The van der Waals surface area contributed by atoms with Crippen molar-refractivity contribution in [3.63, 3.8) is 0 Å². The third-order valence-corrected chi connectivity index (χ3v) is 3.54. The summed E-state index contributed by atoms with van der Waals surface area (Å²) in [5, 5.41) is 4.40. The van der Waals surface area contributed by atoms with E-state index in [2.05, 4.69) is 12.2 Å². The van der Waals surface area contributed by atoms with E-state index in [0.29, 0.717) is 16.5 Å². The van der Waals surface area contributed by atoms with Crippen LogP contribution in [0.2, 0.25) is 10.0 Å². The highest BCUT2D eigenvalue weighted by Crippen LogP contribution is 2.20. The Morgan fingerprint density at radius 3 is 2.67 bits per heavy atom. The molecule has 5 heteroatoms. The molecule has 0 saturated carbocycles. The average molecular weight is 287 g/mol. The molecule has 1 heterocycles. The minimum Gasteiger partial charge on any atom is -0.337 e. The molecule has 1 unspecified atom stereocenters. The van der Waals surface area contributed by atoms with Crippen LogP contribution < -0.4 is 5.32 Å². The maximum atomic E-state index is 12.2. The third kappa shape index (κ3) is 3.37. The Hall–Kier alpha value is -0.770. The van der Waals surface area contributed by atoms with E-state index in [0.717, 1.165) is 25.2 Å². The lowest BCUT2D eigenvalue weighted by molar-refractivity contribution is -0.133. The number of carbonyl (C=O) groups excluding carboxylic acids is 1. The molecule has 0 spiro atoms. The van der Waals surface area contributed by atoms with Crippen molar-refractivity contribution in [3.05, 3.63) is 33.8 Å². The van der Waals surface area contributed by atoms with Gasteiger partial charge in [-0.25, -0.2) is 0 Å². The highest BCUT2D eigenvalue weighted by molar-refractivity contribution is 6.34. The molecular formula is C13H16Cl2N2O. The fourth-order valence-corrected chi connectivity index (χ4v) is 2.77. The van der Waals surface area contributed by atoms with Gasteiger partial charge in [-0.15, -0.1) is 0 Å². The van der Waals surface area contributed by atoms with Gasteiger partial charge in [0.2, 0.25) is 5.91 Å². The molecular weight excluding hydrogens is 271 g/mol. The average Bonchev–Trinajstić information content (AvgIpc) is 2.27. The molecule has 0 aromatic heterocycles. The second-order valence-electron chi connectivity index (χ2n) is 4.59. The van der Waals surface area contributed by atoms with Crippen LogP contribution in [-0.2, 0) is 11.2 Å². The number of amides is 1. The van der Waals surface area contributed by atoms with Gasteiger partial charge >= 0.3 is 0 Å². The normalized spacial score (nSPS) is 19.9. The molecule has 1 aliphatic rings. The van der Waals surface area contributed by atoms with E-state index < -0.39 is 0 Å². The second kappa shape index (κ2) is 5.91. The minimum atomic E-state index is 0.127. The van der Waals surface area contributed by atoms with E-state index in [4.69, 9.17) is 23.2 Å². The summed E-state index contributed by atoms with van der Waals surface area (Å²) in [4.78, 5) is 14.1. The molecule has 1 saturated heterocycles. The summed E-state index contributed by atoms with van der Waals surface area (Å²) in [6.45, 7) is 4.51. The molecule has 1 amide bonds. The van der Waals surface area contributed by atoms with Gasteiger partial charge in [-0.3, -0.25) is 4.79 Å². The monoisotopic (exact) mass is 286 g/mol. The molecule has 1 atom stereocenters. The summed E-state index contributed by atoms with van der Waals surface area (Å²) in [6.07, 6.45) is 0.352. The van der Waals surface area contributed by atoms with Gasteiger partial charge in [0.1, 0.15) is 0 Å². The van der Waals surface area contributed by atoms with Gasteiger partial charge in [0.15, 0.2) is 0 Å². The van der Waals surface area contributed by atoms with Crippen LogP contribution in [0.15, 0.2) is 18.2 Å². The van der Waals surface area contributed by atoms with Crippen LogP contribution in [0, 0.1) is 0 Å². The first kappa shape index (κ1) is 13.7. The Morgan fingerprint density at radius 2 is 2.06 bits per heavy atom. The molecule has 1 aromatic carbocycles. The topological polar surface area (TPSA) is 32.3 Å². The standard InChI is InChI=1S/C13H16Cl2N2O/c1-9-8-16-2-3-17(9)13(18)6-10-4-11(14)7-12(15)5-10/h4-5,7,9,16H,2-3,6,8H2,1H3. The van der Waals surface area contributed by atoms with Crippen molar-refractivity contribution < 1.29 is 4.79 Å². The maximum absolute atomic E-state index is 12.2. The smallest absolute Gasteiger partial charge is 0.227 e.